The average Bonchev–Trinajstić information content (AvgIpc) is 3.03. The smallest absolute Gasteiger partial charge is 0.295 e. The zero-order valence-corrected chi connectivity index (χ0v) is 16.2. The van der Waals surface area contributed by atoms with E-state index in [1.165, 1.54) is 23.1 Å². The largest absolute Gasteiger partial charge is 0.507 e. The van der Waals surface area contributed by atoms with E-state index in [9.17, 15) is 19.1 Å². The molecule has 0 radical (unpaired) electrons. The Labute approximate surface area is 173 Å². The standard InChI is InChI=1S/C25H20FNO3/c26-20-13-7-12-19(16-20)22-21(23(28)18-10-5-2-6-11-18)24(29)25(30)27(22)15-14-17-8-3-1-4-9-17/h1-13,16,22,28H,14-15H2. The highest BCUT2D eigenvalue weighted by Gasteiger charge is 2.45. The van der Waals surface area contributed by atoms with Crippen molar-refractivity contribution in [1.29, 1.82) is 0 Å². The van der Waals surface area contributed by atoms with Crippen LogP contribution in [0.5, 0.6) is 0 Å². The van der Waals surface area contributed by atoms with Crippen molar-refractivity contribution in [2.75, 3.05) is 6.54 Å². The number of hydrogen-bond acceptors (Lipinski definition) is 3. The number of aliphatic hydroxyl groups is 1. The molecule has 3 aromatic carbocycles. The SMILES string of the molecule is O=C1C(=O)N(CCc2ccccc2)C(c2cccc(F)c2)C1=C(O)c1ccccc1. The number of nitrogens with zero attached hydrogens (tertiary/aromatic N) is 1. The first-order valence-corrected chi connectivity index (χ1v) is 9.69. The van der Waals surface area contributed by atoms with E-state index < -0.39 is 23.5 Å². The Kier molecular flexibility index (Phi) is 5.44. The molecule has 1 unspecified atom stereocenters. The van der Waals surface area contributed by atoms with Gasteiger partial charge < -0.3 is 10.0 Å². The summed E-state index contributed by atoms with van der Waals surface area (Å²) in [6.07, 6.45) is 0.533. The molecule has 5 heteroatoms. The van der Waals surface area contributed by atoms with Gasteiger partial charge in [0.05, 0.1) is 11.6 Å². The van der Waals surface area contributed by atoms with Crippen LogP contribution in [0.4, 0.5) is 4.39 Å². The zero-order chi connectivity index (χ0) is 21.1. The van der Waals surface area contributed by atoms with Crippen molar-refractivity contribution in [2.24, 2.45) is 0 Å². The summed E-state index contributed by atoms with van der Waals surface area (Å²) in [5, 5.41) is 10.9. The molecule has 1 saturated heterocycles. The second kappa shape index (κ2) is 8.33. The fourth-order valence-corrected chi connectivity index (χ4v) is 3.78. The molecule has 30 heavy (non-hydrogen) atoms. The lowest BCUT2D eigenvalue weighted by atomic mass is 9.95. The minimum atomic E-state index is -0.857. The minimum Gasteiger partial charge on any atom is -0.507 e. The number of rotatable bonds is 5. The Balaban J connectivity index is 1.79. The second-order valence-electron chi connectivity index (χ2n) is 7.15. The molecule has 3 aromatic rings. The lowest BCUT2D eigenvalue weighted by Gasteiger charge is -2.25. The molecule has 4 rings (SSSR count). The molecular formula is C25H20FNO3. The number of hydrogen-bond donors (Lipinski definition) is 1. The first kappa shape index (κ1) is 19.6. The Morgan fingerprint density at radius 1 is 0.900 bits per heavy atom. The summed E-state index contributed by atoms with van der Waals surface area (Å²) in [7, 11) is 0. The molecule has 4 nitrogen and oxygen atoms in total. The Hall–Kier alpha value is -3.73. The van der Waals surface area contributed by atoms with Crippen molar-refractivity contribution in [3.8, 4) is 0 Å². The summed E-state index contributed by atoms with van der Waals surface area (Å²) < 4.78 is 14.0. The van der Waals surface area contributed by atoms with Crippen molar-refractivity contribution >= 4 is 17.4 Å². The van der Waals surface area contributed by atoms with Gasteiger partial charge in [0, 0.05) is 12.1 Å². The molecule has 1 aliphatic heterocycles. The van der Waals surface area contributed by atoms with E-state index in [0.29, 0.717) is 17.5 Å². The van der Waals surface area contributed by atoms with E-state index >= 15 is 0 Å². The topological polar surface area (TPSA) is 57.6 Å². The van der Waals surface area contributed by atoms with E-state index in [2.05, 4.69) is 0 Å². The molecule has 1 atom stereocenters. The van der Waals surface area contributed by atoms with Gasteiger partial charge in [0.2, 0.25) is 0 Å². The van der Waals surface area contributed by atoms with Crippen molar-refractivity contribution in [3.05, 3.63) is 113 Å². The van der Waals surface area contributed by atoms with Crippen molar-refractivity contribution in [1.82, 2.24) is 4.90 Å². The first-order chi connectivity index (χ1) is 14.6. The summed E-state index contributed by atoms with van der Waals surface area (Å²) in [4.78, 5) is 27.2. The van der Waals surface area contributed by atoms with Crippen LogP contribution in [0, 0.1) is 5.82 Å². The second-order valence-corrected chi connectivity index (χ2v) is 7.15. The van der Waals surface area contributed by atoms with Crippen molar-refractivity contribution in [3.63, 3.8) is 0 Å². The molecule has 0 saturated carbocycles. The monoisotopic (exact) mass is 401 g/mol. The van der Waals surface area contributed by atoms with Crippen molar-refractivity contribution in [2.45, 2.75) is 12.5 Å². The van der Waals surface area contributed by atoms with Crippen LogP contribution in [-0.4, -0.2) is 28.2 Å². The number of carbonyl (C=O) groups excluding carboxylic acids is 2. The van der Waals surface area contributed by atoms with Crippen molar-refractivity contribution < 1.29 is 19.1 Å². The van der Waals surface area contributed by atoms with E-state index in [0.717, 1.165) is 5.56 Å². The number of ketones is 1. The van der Waals surface area contributed by atoms with Crippen LogP contribution >= 0.6 is 0 Å². The molecule has 0 aliphatic carbocycles. The number of carbonyl (C=O) groups is 2. The number of likely N-dealkylation sites (tertiary alicyclic amines) is 1. The molecule has 0 aromatic heterocycles. The first-order valence-electron chi connectivity index (χ1n) is 9.69. The summed E-state index contributed by atoms with van der Waals surface area (Å²) >= 11 is 0. The Morgan fingerprint density at radius 3 is 2.23 bits per heavy atom. The summed E-state index contributed by atoms with van der Waals surface area (Å²) in [5.74, 6) is -2.19. The summed E-state index contributed by atoms with van der Waals surface area (Å²) in [6, 6.07) is 23.1. The summed E-state index contributed by atoms with van der Waals surface area (Å²) in [6.45, 7) is 0.265. The van der Waals surface area contributed by atoms with E-state index in [4.69, 9.17) is 0 Å². The van der Waals surface area contributed by atoms with Gasteiger partial charge in [0.15, 0.2) is 0 Å². The predicted octanol–water partition coefficient (Wildman–Crippen LogP) is 4.49. The number of Topliss-reactive ketones (excluding diaryl/α,β-unsaturated/α-hetero) is 1. The van der Waals surface area contributed by atoms with Crippen LogP contribution in [0.15, 0.2) is 90.5 Å². The molecule has 1 fully saturated rings. The van der Waals surface area contributed by atoms with E-state index in [1.54, 1.807) is 36.4 Å². The van der Waals surface area contributed by atoms with Crippen LogP contribution in [0.1, 0.15) is 22.7 Å². The number of aliphatic hydroxyl groups excluding tert-OH is 1. The molecule has 0 spiro atoms. The quantitative estimate of drug-likeness (QED) is 0.389. The van der Waals surface area contributed by atoms with Gasteiger partial charge in [-0.05, 0) is 29.7 Å². The molecule has 1 N–H and O–H groups in total. The minimum absolute atomic E-state index is 0.0233. The molecule has 1 amide bonds. The van der Waals surface area contributed by atoms with Gasteiger partial charge in [0.25, 0.3) is 11.7 Å². The molecule has 1 aliphatic rings. The fourth-order valence-electron chi connectivity index (χ4n) is 3.78. The molecule has 1 heterocycles. The lowest BCUT2D eigenvalue weighted by molar-refractivity contribution is -0.139. The maximum absolute atomic E-state index is 14.0. The van der Waals surface area contributed by atoms with Gasteiger partial charge in [-0.3, -0.25) is 9.59 Å². The van der Waals surface area contributed by atoms with Gasteiger partial charge in [-0.1, -0.05) is 72.8 Å². The van der Waals surface area contributed by atoms with Gasteiger partial charge in [-0.2, -0.15) is 0 Å². The van der Waals surface area contributed by atoms with Crippen LogP contribution in [0.25, 0.3) is 5.76 Å². The zero-order valence-electron chi connectivity index (χ0n) is 16.2. The summed E-state index contributed by atoms with van der Waals surface area (Å²) in [5.41, 5.74) is 1.87. The molecular weight excluding hydrogens is 381 g/mol. The van der Waals surface area contributed by atoms with E-state index in [-0.39, 0.29) is 17.9 Å². The van der Waals surface area contributed by atoms with Crippen LogP contribution < -0.4 is 0 Å². The normalized spacial score (nSPS) is 18.0. The number of halogens is 1. The van der Waals surface area contributed by atoms with Gasteiger partial charge in [-0.15, -0.1) is 0 Å². The van der Waals surface area contributed by atoms with E-state index in [1.807, 2.05) is 30.3 Å². The number of amides is 1. The van der Waals surface area contributed by atoms with Gasteiger partial charge in [-0.25, -0.2) is 4.39 Å². The Morgan fingerprint density at radius 2 is 1.57 bits per heavy atom. The predicted molar refractivity (Wildman–Crippen MR) is 112 cm³/mol. The maximum Gasteiger partial charge on any atom is 0.295 e. The number of benzene rings is 3. The molecule has 0 bridgehead atoms. The van der Waals surface area contributed by atoms with Crippen LogP contribution in [0.3, 0.4) is 0 Å². The highest BCUT2D eigenvalue weighted by atomic mass is 19.1. The lowest BCUT2D eigenvalue weighted by Crippen LogP contribution is -2.31. The highest BCUT2D eigenvalue weighted by molar-refractivity contribution is 6.46. The molecule has 150 valence electrons. The van der Waals surface area contributed by atoms with Crippen LogP contribution in [-0.2, 0) is 16.0 Å². The highest BCUT2D eigenvalue weighted by Crippen LogP contribution is 2.39. The van der Waals surface area contributed by atoms with Gasteiger partial charge >= 0.3 is 0 Å². The maximum atomic E-state index is 14.0. The third-order valence-corrected chi connectivity index (χ3v) is 5.24. The average molecular weight is 401 g/mol. The third-order valence-electron chi connectivity index (χ3n) is 5.24. The van der Waals surface area contributed by atoms with Gasteiger partial charge in [0.1, 0.15) is 11.6 Å². The van der Waals surface area contributed by atoms with Crippen LogP contribution in [0.2, 0.25) is 0 Å². The Bertz CT molecular complexity index is 1110. The fraction of sp³-hybridized carbons (Fsp3) is 0.120. The third kappa shape index (κ3) is 3.74.